The number of thioether (sulfide) groups is 1. The van der Waals surface area contributed by atoms with Crippen molar-refractivity contribution in [3.05, 3.63) is 34.9 Å². The Kier molecular flexibility index (Phi) is 5.40. The first-order chi connectivity index (χ1) is 9.22. The molecular weight excluding hydrogens is 282 g/mol. The van der Waals surface area contributed by atoms with E-state index in [1.807, 2.05) is 36.9 Å². The molecule has 1 aromatic carbocycles. The zero-order valence-electron chi connectivity index (χ0n) is 11.0. The number of halogens is 1. The summed E-state index contributed by atoms with van der Waals surface area (Å²) in [6, 6.07) is 7.94. The third-order valence-electron chi connectivity index (χ3n) is 3.12. The van der Waals surface area contributed by atoms with Crippen LogP contribution in [-0.4, -0.2) is 36.4 Å². The summed E-state index contributed by atoms with van der Waals surface area (Å²) in [5.74, 6) is 0.911. The van der Waals surface area contributed by atoms with Crippen LogP contribution in [0.4, 0.5) is 4.79 Å². The number of hydrogen-bond donors (Lipinski definition) is 0. The van der Waals surface area contributed by atoms with Crippen LogP contribution in [0.15, 0.2) is 24.3 Å². The van der Waals surface area contributed by atoms with E-state index in [1.54, 1.807) is 4.90 Å². The number of carbonyl (C=O) groups is 1. The summed E-state index contributed by atoms with van der Waals surface area (Å²) in [6.45, 7) is 3.72. The molecule has 1 amide bonds. The van der Waals surface area contributed by atoms with E-state index in [4.69, 9.17) is 16.3 Å². The van der Waals surface area contributed by atoms with E-state index in [2.05, 4.69) is 6.07 Å². The Bertz CT molecular complexity index is 441. The average Bonchev–Trinajstić information content (AvgIpc) is 2.65. The molecule has 2 rings (SSSR count). The normalized spacial score (nSPS) is 19.9. The van der Waals surface area contributed by atoms with Crippen molar-refractivity contribution in [2.45, 2.75) is 18.6 Å². The van der Waals surface area contributed by atoms with Crippen LogP contribution in [0.3, 0.4) is 0 Å². The molecule has 5 heteroatoms. The molecule has 0 spiro atoms. The van der Waals surface area contributed by atoms with Gasteiger partial charge in [0.25, 0.3) is 0 Å². The molecule has 1 saturated heterocycles. The monoisotopic (exact) mass is 299 g/mol. The molecule has 0 aliphatic carbocycles. The molecular formula is C14H18ClNO2S. The fraction of sp³-hybridized carbons (Fsp3) is 0.500. The van der Waals surface area contributed by atoms with E-state index in [9.17, 15) is 4.79 Å². The predicted octanol–water partition coefficient (Wildman–Crippen LogP) is 3.98. The fourth-order valence-corrected chi connectivity index (χ4v) is 3.75. The van der Waals surface area contributed by atoms with Gasteiger partial charge in [0, 0.05) is 29.1 Å². The highest BCUT2D eigenvalue weighted by Gasteiger charge is 2.23. The first-order valence-electron chi connectivity index (χ1n) is 6.50. The molecule has 1 atom stereocenters. The summed E-state index contributed by atoms with van der Waals surface area (Å²) in [7, 11) is 0. The second-order valence-electron chi connectivity index (χ2n) is 4.36. The van der Waals surface area contributed by atoms with Crippen LogP contribution in [0.5, 0.6) is 0 Å². The van der Waals surface area contributed by atoms with E-state index in [1.165, 1.54) is 5.56 Å². The number of amides is 1. The zero-order valence-corrected chi connectivity index (χ0v) is 12.5. The van der Waals surface area contributed by atoms with E-state index in [-0.39, 0.29) is 6.09 Å². The minimum Gasteiger partial charge on any atom is -0.450 e. The molecule has 19 heavy (non-hydrogen) atoms. The summed E-state index contributed by atoms with van der Waals surface area (Å²) < 4.78 is 5.05. The zero-order chi connectivity index (χ0) is 13.7. The van der Waals surface area contributed by atoms with Crippen molar-refractivity contribution in [1.29, 1.82) is 0 Å². The molecule has 1 aromatic rings. The summed E-state index contributed by atoms with van der Waals surface area (Å²) in [5.41, 5.74) is 1.17. The molecule has 3 nitrogen and oxygen atoms in total. The number of carbonyl (C=O) groups excluding carboxylic acids is 1. The molecule has 1 aliphatic rings. The van der Waals surface area contributed by atoms with Gasteiger partial charge in [0.05, 0.1) is 6.61 Å². The Balaban J connectivity index is 2.01. The van der Waals surface area contributed by atoms with E-state index >= 15 is 0 Å². The molecule has 1 aliphatic heterocycles. The lowest BCUT2D eigenvalue weighted by Crippen LogP contribution is -2.33. The maximum Gasteiger partial charge on any atom is 0.409 e. The predicted molar refractivity (Wildman–Crippen MR) is 79.9 cm³/mol. The van der Waals surface area contributed by atoms with Crippen molar-refractivity contribution in [2.75, 3.05) is 25.4 Å². The van der Waals surface area contributed by atoms with Gasteiger partial charge in [0.15, 0.2) is 0 Å². The van der Waals surface area contributed by atoms with Gasteiger partial charge in [-0.25, -0.2) is 4.79 Å². The van der Waals surface area contributed by atoms with Crippen LogP contribution >= 0.6 is 23.4 Å². The third-order valence-corrected chi connectivity index (χ3v) is 4.77. The highest BCUT2D eigenvalue weighted by molar-refractivity contribution is 7.99. The average molecular weight is 300 g/mol. The molecule has 1 unspecified atom stereocenters. The molecule has 0 N–H and O–H groups in total. The first-order valence-corrected chi connectivity index (χ1v) is 7.92. The Morgan fingerprint density at radius 1 is 1.47 bits per heavy atom. The van der Waals surface area contributed by atoms with E-state index < -0.39 is 0 Å². The minimum absolute atomic E-state index is 0.206. The summed E-state index contributed by atoms with van der Waals surface area (Å²) in [6.07, 6.45) is 0.704. The first kappa shape index (κ1) is 14.5. The maximum atomic E-state index is 11.7. The second-order valence-corrected chi connectivity index (χ2v) is 6.07. The molecule has 0 bridgehead atoms. The molecule has 1 fully saturated rings. The summed E-state index contributed by atoms with van der Waals surface area (Å²) in [5, 5.41) is 1.16. The van der Waals surface area contributed by atoms with Crippen molar-refractivity contribution >= 4 is 29.5 Å². The number of hydrogen-bond acceptors (Lipinski definition) is 3. The maximum absolute atomic E-state index is 11.7. The van der Waals surface area contributed by atoms with Crippen LogP contribution in [0.2, 0.25) is 5.02 Å². The standard InChI is InChI=1S/C14H18ClNO2S/c1-2-18-14(17)16-8-7-13(19-10-9-16)11-5-3-4-6-12(11)15/h3-6,13H,2,7-10H2,1H3. The highest BCUT2D eigenvalue weighted by atomic mass is 35.5. The van der Waals surface area contributed by atoms with Gasteiger partial charge in [0.1, 0.15) is 0 Å². The Labute approximate surface area is 123 Å². The van der Waals surface area contributed by atoms with Crippen molar-refractivity contribution in [3.8, 4) is 0 Å². The van der Waals surface area contributed by atoms with E-state index in [0.717, 1.165) is 30.3 Å². The third kappa shape index (κ3) is 3.80. The van der Waals surface area contributed by atoms with Gasteiger partial charge in [-0.05, 0) is 25.0 Å². The van der Waals surface area contributed by atoms with Crippen LogP contribution in [-0.2, 0) is 4.74 Å². The number of nitrogens with zero attached hydrogens (tertiary/aromatic N) is 1. The van der Waals surface area contributed by atoms with Gasteiger partial charge in [-0.3, -0.25) is 0 Å². The Morgan fingerprint density at radius 3 is 3.00 bits per heavy atom. The number of benzene rings is 1. The Hall–Kier alpha value is -0.870. The van der Waals surface area contributed by atoms with Gasteiger partial charge in [0.2, 0.25) is 0 Å². The van der Waals surface area contributed by atoms with Crippen LogP contribution in [0, 0.1) is 0 Å². The molecule has 0 radical (unpaired) electrons. The van der Waals surface area contributed by atoms with Gasteiger partial charge >= 0.3 is 6.09 Å². The van der Waals surface area contributed by atoms with Crippen LogP contribution in [0.1, 0.15) is 24.2 Å². The van der Waals surface area contributed by atoms with Gasteiger partial charge < -0.3 is 9.64 Å². The molecule has 104 valence electrons. The fourth-order valence-electron chi connectivity index (χ4n) is 2.15. The topological polar surface area (TPSA) is 29.5 Å². The van der Waals surface area contributed by atoms with Crippen LogP contribution in [0.25, 0.3) is 0 Å². The van der Waals surface area contributed by atoms with Gasteiger partial charge in [-0.2, -0.15) is 11.8 Å². The lowest BCUT2D eigenvalue weighted by atomic mass is 10.1. The summed E-state index contributed by atoms with van der Waals surface area (Å²) in [4.78, 5) is 13.5. The van der Waals surface area contributed by atoms with Gasteiger partial charge in [-0.15, -0.1) is 0 Å². The summed E-state index contributed by atoms with van der Waals surface area (Å²) >= 11 is 8.10. The largest absolute Gasteiger partial charge is 0.450 e. The number of ether oxygens (including phenoxy) is 1. The SMILES string of the molecule is CCOC(=O)N1CCSC(c2ccccc2Cl)CC1. The molecule has 1 heterocycles. The van der Waals surface area contributed by atoms with Crippen molar-refractivity contribution in [2.24, 2.45) is 0 Å². The minimum atomic E-state index is -0.206. The smallest absolute Gasteiger partial charge is 0.409 e. The van der Waals surface area contributed by atoms with E-state index in [0.29, 0.717) is 11.9 Å². The van der Waals surface area contributed by atoms with Gasteiger partial charge in [-0.1, -0.05) is 29.8 Å². The second kappa shape index (κ2) is 7.06. The Morgan fingerprint density at radius 2 is 2.26 bits per heavy atom. The number of rotatable bonds is 2. The molecule has 0 saturated carbocycles. The highest BCUT2D eigenvalue weighted by Crippen LogP contribution is 2.37. The van der Waals surface area contributed by atoms with Crippen molar-refractivity contribution < 1.29 is 9.53 Å². The molecule has 0 aromatic heterocycles. The van der Waals surface area contributed by atoms with Crippen LogP contribution < -0.4 is 0 Å². The quantitative estimate of drug-likeness (QED) is 0.827. The van der Waals surface area contributed by atoms with Crippen molar-refractivity contribution in [3.63, 3.8) is 0 Å². The lowest BCUT2D eigenvalue weighted by Gasteiger charge is -2.19. The lowest BCUT2D eigenvalue weighted by molar-refractivity contribution is 0.110. The van der Waals surface area contributed by atoms with Crippen molar-refractivity contribution in [1.82, 2.24) is 4.90 Å².